The molecule has 6 N–H and O–H groups in total. The molecule has 1 aliphatic carbocycles. The van der Waals surface area contributed by atoms with E-state index in [0.29, 0.717) is 16.7 Å². The molecule has 0 saturated heterocycles. The molecule has 4 aromatic rings. The van der Waals surface area contributed by atoms with Gasteiger partial charge in [-0.3, -0.25) is 0 Å². The van der Waals surface area contributed by atoms with Crippen molar-refractivity contribution in [1.82, 2.24) is 0 Å². The van der Waals surface area contributed by atoms with Crippen molar-refractivity contribution in [1.29, 1.82) is 0 Å². The summed E-state index contributed by atoms with van der Waals surface area (Å²) in [5.41, 5.74) is 4.15. The predicted octanol–water partition coefficient (Wildman–Crippen LogP) is 5.39. The minimum absolute atomic E-state index is 0.100. The maximum absolute atomic E-state index is 10.9. The third-order valence-electron chi connectivity index (χ3n) is 6.18. The van der Waals surface area contributed by atoms with Crippen LogP contribution in [0.5, 0.6) is 34.5 Å². The number of phenolic OH excluding ortho intramolecular Hbond substituents is 6. The van der Waals surface area contributed by atoms with Gasteiger partial charge in [0.05, 0.1) is 0 Å². The summed E-state index contributed by atoms with van der Waals surface area (Å²) in [6, 6.07) is 20.5. The molecule has 0 radical (unpaired) electrons. The van der Waals surface area contributed by atoms with E-state index >= 15 is 0 Å². The van der Waals surface area contributed by atoms with Gasteiger partial charge in [-0.1, -0.05) is 30.3 Å². The maximum Gasteiger partial charge on any atom is 0.123 e. The van der Waals surface area contributed by atoms with Gasteiger partial charge in [-0.25, -0.2) is 0 Å². The first-order chi connectivity index (χ1) is 16.3. The fourth-order valence-electron chi connectivity index (χ4n) is 4.83. The number of rotatable bonds is 3. The van der Waals surface area contributed by atoms with E-state index in [2.05, 4.69) is 0 Å². The van der Waals surface area contributed by atoms with Gasteiger partial charge in [-0.15, -0.1) is 0 Å². The molecule has 4 aromatic carbocycles. The summed E-state index contributed by atoms with van der Waals surface area (Å²) in [7, 11) is 0. The molecule has 0 spiro atoms. The summed E-state index contributed by atoms with van der Waals surface area (Å²) in [6.07, 6.45) is 1.91. The molecule has 2 atom stereocenters. The second kappa shape index (κ2) is 8.08. The molecule has 170 valence electrons. The van der Waals surface area contributed by atoms with E-state index in [1.165, 1.54) is 24.3 Å². The second-order valence-electron chi connectivity index (χ2n) is 8.45. The standard InChI is InChI=1S/C28H22O6/c29-18-5-1-15(2-6-18)9-23-24-13-22(33)14-25(34)28(24)27(17-10-20(31)12-21(32)11-17)26(23)16-3-7-19(30)8-4-16/h1-14,26-27,29-34H/b23-9+/t26-,27+/m0/s1. The number of allylic oxidation sites excluding steroid dienone is 1. The lowest BCUT2D eigenvalue weighted by Crippen LogP contribution is -2.08. The van der Waals surface area contributed by atoms with Crippen LogP contribution in [0, 0.1) is 0 Å². The van der Waals surface area contributed by atoms with Gasteiger partial charge in [0.2, 0.25) is 0 Å². The number of fused-ring (bicyclic) bond motifs is 1. The van der Waals surface area contributed by atoms with Crippen LogP contribution in [0.15, 0.2) is 78.9 Å². The molecule has 0 fully saturated rings. The van der Waals surface area contributed by atoms with E-state index in [4.69, 9.17) is 0 Å². The Balaban J connectivity index is 1.82. The van der Waals surface area contributed by atoms with Crippen molar-refractivity contribution in [2.45, 2.75) is 11.8 Å². The third-order valence-corrected chi connectivity index (χ3v) is 6.18. The van der Waals surface area contributed by atoms with Gasteiger partial charge in [0.1, 0.15) is 34.5 Å². The van der Waals surface area contributed by atoms with Gasteiger partial charge in [-0.05, 0) is 70.3 Å². The molecule has 6 heteroatoms. The predicted molar refractivity (Wildman–Crippen MR) is 128 cm³/mol. The normalized spacial score (nSPS) is 18.2. The highest BCUT2D eigenvalue weighted by molar-refractivity contribution is 5.93. The SMILES string of the molecule is Oc1ccc(/C=C2\c3cc(O)cc(O)c3[C@H](c3cc(O)cc(O)c3)[C@H]2c2ccc(O)cc2)cc1. The van der Waals surface area contributed by atoms with Crippen LogP contribution in [-0.2, 0) is 0 Å². The van der Waals surface area contributed by atoms with Crippen LogP contribution in [0.3, 0.4) is 0 Å². The Hall–Kier alpha value is -4.58. The summed E-state index contributed by atoms with van der Waals surface area (Å²) in [6.45, 7) is 0. The summed E-state index contributed by atoms with van der Waals surface area (Å²) in [5.74, 6) is -1.11. The average molecular weight is 454 g/mol. The number of aromatic hydroxyl groups is 6. The summed E-state index contributed by atoms with van der Waals surface area (Å²) in [5, 5.41) is 61.2. The van der Waals surface area contributed by atoms with Crippen LogP contribution >= 0.6 is 0 Å². The summed E-state index contributed by atoms with van der Waals surface area (Å²) in [4.78, 5) is 0. The van der Waals surface area contributed by atoms with E-state index in [-0.39, 0.29) is 34.5 Å². The Morgan fingerprint density at radius 1 is 0.500 bits per heavy atom. The topological polar surface area (TPSA) is 121 Å². The van der Waals surface area contributed by atoms with Crippen LogP contribution < -0.4 is 0 Å². The second-order valence-corrected chi connectivity index (χ2v) is 8.45. The Bertz CT molecular complexity index is 1380. The van der Waals surface area contributed by atoms with Crippen LogP contribution in [-0.4, -0.2) is 30.6 Å². The van der Waals surface area contributed by atoms with E-state index < -0.39 is 11.8 Å². The number of hydrogen-bond donors (Lipinski definition) is 6. The smallest absolute Gasteiger partial charge is 0.123 e. The largest absolute Gasteiger partial charge is 0.508 e. The van der Waals surface area contributed by atoms with Gasteiger partial charge in [-0.2, -0.15) is 0 Å². The van der Waals surface area contributed by atoms with Crippen molar-refractivity contribution in [3.63, 3.8) is 0 Å². The highest BCUT2D eigenvalue weighted by Crippen LogP contribution is 2.58. The fourth-order valence-corrected chi connectivity index (χ4v) is 4.83. The van der Waals surface area contributed by atoms with E-state index in [0.717, 1.165) is 16.7 Å². The van der Waals surface area contributed by atoms with Gasteiger partial charge < -0.3 is 30.6 Å². The molecule has 0 unspecified atom stereocenters. The average Bonchev–Trinajstić information content (AvgIpc) is 3.09. The highest BCUT2D eigenvalue weighted by atomic mass is 16.3. The zero-order chi connectivity index (χ0) is 24.0. The molecule has 0 saturated carbocycles. The maximum atomic E-state index is 10.9. The minimum atomic E-state index is -0.512. The van der Waals surface area contributed by atoms with E-state index in [9.17, 15) is 30.6 Å². The molecule has 0 aliphatic heterocycles. The van der Waals surface area contributed by atoms with Crippen LogP contribution in [0.1, 0.15) is 39.7 Å². The molecule has 0 heterocycles. The van der Waals surface area contributed by atoms with E-state index in [1.807, 2.05) is 6.08 Å². The molecular weight excluding hydrogens is 432 g/mol. The molecular formula is C28H22O6. The lowest BCUT2D eigenvalue weighted by molar-refractivity contribution is 0.440. The van der Waals surface area contributed by atoms with Gasteiger partial charge >= 0.3 is 0 Å². The molecule has 1 aliphatic rings. The number of phenols is 6. The monoisotopic (exact) mass is 454 g/mol. The van der Waals surface area contributed by atoms with Crippen molar-refractivity contribution < 1.29 is 30.6 Å². The van der Waals surface area contributed by atoms with E-state index in [1.54, 1.807) is 54.6 Å². The Kier molecular flexibility index (Phi) is 5.06. The molecule has 0 aromatic heterocycles. The quantitative estimate of drug-likeness (QED) is 0.247. The fraction of sp³-hybridized carbons (Fsp3) is 0.0714. The molecule has 0 amide bonds. The van der Waals surface area contributed by atoms with Gasteiger partial charge in [0.25, 0.3) is 0 Å². The summed E-state index contributed by atoms with van der Waals surface area (Å²) < 4.78 is 0. The third kappa shape index (κ3) is 3.75. The van der Waals surface area contributed by atoms with Gasteiger partial charge in [0.15, 0.2) is 0 Å². The van der Waals surface area contributed by atoms with Crippen LogP contribution in [0.25, 0.3) is 11.6 Å². The number of benzene rings is 4. The first-order valence-corrected chi connectivity index (χ1v) is 10.7. The first kappa shape index (κ1) is 21.3. The van der Waals surface area contributed by atoms with Crippen molar-refractivity contribution in [2.75, 3.05) is 0 Å². The van der Waals surface area contributed by atoms with Crippen molar-refractivity contribution in [2.24, 2.45) is 0 Å². The molecule has 6 nitrogen and oxygen atoms in total. The zero-order valence-electron chi connectivity index (χ0n) is 17.9. The molecule has 0 bridgehead atoms. The minimum Gasteiger partial charge on any atom is -0.508 e. The zero-order valence-corrected chi connectivity index (χ0v) is 17.9. The van der Waals surface area contributed by atoms with Crippen molar-refractivity contribution in [3.8, 4) is 34.5 Å². The molecule has 5 rings (SSSR count). The Labute approximate surface area is 195 Å². The summed E-state index contributed by atoms with van der Waals surface area (Å²) >= 11 is 0. The first-order valence-electron chi connectivity index (χ1n) is 10.7. The number of hydrogen-bond acceptors (Lipinski definition) is 6. The highest BCUT2D eigenvalue weighted by Gasteiger charge is 2.41. The van der Waals surface area contributed by atoms with Crippen molar-refractivity contribution >= 4 is 11.6 Å². The Morgan fingerprint density at radius 2 is 1.06 bits per heavy atom. The van der Waals surface area contributed by atoms with Crippen molar-refractivity contribution in [3.05, 3.63) is 107 Å². The van der Waals surface area contributed by atoms with Crippen LogP contribution in [0.4, 0.5) is 0 Å². The lowest BCUT2D eigenvalue weighted by Gasteiger charge is -2.23. The lowest BCUT2D eigenvalue weighted by atomic mass is 9.79. The van der Waals surface area contributed by atoms with Crippen LogP contribution in [0.2, 0.25) is 0 Å². The van der Waals surface area contributed by atoms with Gasteiger partial charge in [0, 0.05) is 29.5 Å². The molecule has 34 heavy (non-hydrogen) atoms. The Morgan fingerprint density at radius 3 is 1.68 bits per heavy atom.